The fourth-order valence-corrected chi connectivity index (χ4v) is 3.81. The molecule has 0 spiro atoms. The van der Waals surface area contributed by atoms with Crippen molar-refractivity contribution >= 4 is 29.1 Å². The lowest BCUT2D eigenvalue weighted by Gasteiger charge is -2.29. The molecule has 0 aromatic heterocycles. The molecule has 4 nitrogen and oxygen atoms in total. The summed E-state index contributed by atoms with van der Waals surface area (Å²) in [5.41, 5.74) is 2.38. The second-order valence-corrected chi connectivity index (χ2v) is 8.19. The number of piperazine rings is 1. The van der Waals surface area contributed by atoms with Crippen LogP contribution in [0, 0.1) is 0 Å². The molecule has 3 rings (SSSR count). The van der Waals surface area contributed by atoms with Crippen LogP contribution < -0.4 is 15.1 Å². The van der Waals surface area contributed by atoms with Gasteiger partial charge in [0.25, 0.3) is 5.91 Å². The third-order valence-corrected chi connectivity index (χ3v) is 5.69. The van der Waals surface area contributed by atoms with Crippen LogP contribution in [-0.2, 0) is 11.3 Å². The Labute approximate surface area is 171 Å². The van der Waals surface area contributed by atoms with Gasteiger partial charge in [-0.3, -0.25) is 4.79 Å². The first kappa shape index (κ1) is 20.2. The molecule has 1 fully saturated rings. The summed E-state index contributed by atoms with van der Waals surface area (Å²) in [4.78, 5) is 15.3. The first-order valence-electron chi connectivity index (χ1n) is 9.46. The van der Waals surface area contributed by atoms with E-state index in [1.54, 1.807) is 4.90 Å². The molecule has 144 valence electrons. The van der Waals surface area contributed by atoms with Crippen molar-refractivity contribution in [2.45, 2.75) is 19.5 Å². The molecule has 2 aromatic rings. The fourth-order valence-electron chi connectivity index (χ4n) is 3.56. The Hall–Kier alpha value is -1.59. The Morgan fingerprint density at radius 3 is 2.04 bits per heavy atom. The summed E-state index contributed by atoms with van der Waals surface area (Å²) >= 11 is 11.9. The van der Waals surface area contributed by atoms with Gasteiger partial charge in [0.15, 0.2) is 6.54 Å². The number of rotatable bonds is 6. The van der Waals surface area contributed by atoms with E-state index in [0.29, 0.717) is 11.6 Å². The van der Waals surface area contributed by atoms with Crippen molar-refractivity contribution in [3.63, 3.8) is 0 Å². The maximum absolute atomic E-state index is 12.4. The third kappa shape index (κ3) is 6.22. The van der Waals surface area contributed by atoms with E-state index in [1.165, 1.54) is 10.5 Å². The highest BCUT2D eigenvalue weighted by Crippen LogP contribution is 2.15. The zero-order valence-corrected chi connectivity index (χ0v) is 17.1. The van der Waals surface area contributed by atoms with Crippen molar-refractivity contribution in [1.82, 2.24) is 5.32 Å². The fraction of sp³-hybridized carbons (Fsp3) is 0.381. The lowest BCUT2D eigenvalue weighted by Crippen LogP contribution is -3.28. The van der Waals surface area contributed by atoms with Gasteiger partial charge in [-0.1, -0.05) is 47.5 Å². The quantitative estimate of drug-likeness (QED) is 0.660. The molecule has 0 aliphatic carbocycles. The number of nitrogens with one attached hydrogen (secondary N) is 3. The van der Waals surface area contributed by atoms with Gasteiger partial charge in [0.1, 0.15) is 32.7 Å². The van der Waals surface area contributed by atoms with Crippen LogP contribution in [0.2, 0.25) is 10.0 Å². The number of quaternary nitrogens is 2. The smallest absolute Gasteiger partial charge is 0.275 e. The van der Waals surface area contributed by atoms with Crippen molar-refractivity contribution in [2.75, 3.05) is 32.7 Å². The predicted molar refractivity (Wildman–Crippen MR) is 109 cm³/mol. The average Bonchev–Trinajstić information content (AvgIpc) is 2.65. The number of hydrogen-bond acceptors (Lipinski definition) is 1. The molecule has 2 aromatic carbocycles. The van der Waals surface area contributed by atoms with Gasteiger partial charge in [-0.2, -0.15) is 0 Å². The number of amides is 1. The molecule has 1 amide bonds. The molecule has 0 bridgehead atoms. The summed E-state index contributed by atoms with van der Waals surface area (Å²) in [6.45, 7) is 7.76. The van der Waals surface area contributed by atoms with Crippen LogP contribution in [0.15, 0.2) is 48.5 Å². The van der Waals surface area contributed by atoms with Gasteiger partial charge >= 0.3 is 0 Å². The third-order valence-electron chi connectivity index (χ3n) is 5.19. The van der Waals surface area contributed by atoms with Crippen molar-refractivity contribution in [1.29, 1.82) is 0 Å². The Balaban J connectivity index is 1.41. The Kier molecular flexibility index (Phi) is 7.13. The van der Waals surface area contributed by atoms with Gasteiger partial charge in [-0.25, -0.2) is 0 Å². The zero-order chi connectivity index (χ0) is 19.2. The number of carbonyl (C=O) groups excluding carboxylic acids is 1. The largest absolute Gasteiger partial charge is 0.345 e. The average molecular weight is 408 g/mol. The van der Waals surface area contributed by atoms with Gasteiger partial charge in [0.2, 0.25) is 0 Å². The Morgan fingerprint density at radius 1 is 0.926 bits per heavy atom. The molecular weight excluding hydrogens is 381 g/mol. The zero-order valence-electron chi connectivity index (χ0n) is 15.6. The molecular formula is C21H27Cl2N3O+2. The first-order chi connectivity index (χ1) is 13.0. The van der Waals surface area contributed by atoms with Gasteiger partial charge < -0.3 is 15.1 Å². The van der Waals surface area contributed by atoms with Crippen molar-refractivity contribution < 1.29 is 14.6 Å². The monoisotopic (exact) mass is 407 g/mol. The Morgan fingerprint density at radius 2 is 1.44 bits per heavy atom. The molecule has 1 heterocycles. The number of benzene rings is 2. The minimum Gasteiger partial charge on any atom is -0.345 e. The summed E-state index contributed by atoms with van der Waals surface area (Å²) in [5, 5.41) is 4.59. The van der Waals surface area contributed by atoms with E-state index < -0.39 is 0 Å². The normalized spacial score (nSPS) is 20.9. The molecule has 27 heavy (non-hydrogen) atoms. The van der Waals surface area contributed by atoms with E-state index in [1.807, 2.05) is 43.3 Å². The topological polar surface area (TPSA) is 38.0 Å². The van der Waals surface area contributed by atoms with Crippen LogP contribution in [0.3, 0.4) is 0 Å². The SMILES string of the molecule is C[C@@H](NC(=O)C[NH+]1CC[NH+](Cc2ccc(Cl)cc2)CC1)c1ccc(Cl)cc1. The maximum atomic E-state index is 12.4. The number of hydrogen-bond donors (Lipinski definition) is 3. The summed E-state index contributed by atoms with van der Waals surface area (Å²) in [6.07, 6.45) is 0. The second kappa shape index (κ2) is 9.56. The van der Waals surface area contributed by atoms with E-state index in [4.69, 9.17) is 23.2 Å². The standard InChI is InChI=1S/C21H25Cl2N3O/c1-16(18-4-8-20(23)9-5-18)24-21(27)15-26-12-10-25(11-13-26)14-17-2-6-19(22)7-3-17/h2-9,16H,10-15H2,1H3,(H,24,27)/p+2/t16-/m1/s1. The lowest BCUT2D eigenvalue weighted by molar-refractivity contribution is -1.02. The van der Waals surface area contributed by atoms with Crippen LogP contribution >= 0.6 is 23.2 Å². The molecule has 0 unspecified atom stereocenters. The minimum absolute atomic E-state index is 0.00835. The van der Waals surface area contributed by atoms with Crippen LogP contribution in [0.4, 0.5) is 0 Å². The van der Waals surface area contributed by atoms with Gasteiger partial charge in [0.05, 0.1) is 6.04 Å². The number of halogens is 2. The number of carbonyl (C=O) groups is 1. The van der Waals surface area contributed by atoms with Gasteiger partial charge in [-0.05, 0) is 36.8 Å². The molecule has 1 atom stereocenters. The molecule has 6 heteroatoms. The minimum atomic E-state index is -0.00835. The molecule has 1 saturated heterocycles. The molecule has 1 aliphatic heterocycles. The molecule has 0 saturated carbocycles. The van der Waals surface area contributed by atoms with Crippen molar-refractivity contribution in [3.8, 4) is 0 Å². The predicted octanol–water partition coefficient (Wildman–Crippen LogP) is 1.15. The molecule has 1 aliphatic rings. The molecule has 3 N–H and O–H groups in total. The maximum Gasteiger partial charge on any atom is 0.275 e. The van der Waals surface area contributed by atoms with Crippen molar-refractivity contribution in [3.05, 3.63) is 69.7 Å². The van der Waals surface area contributed by atoms with Crippen LogP contribution in [0.1, 0.15) is 24.1 Å². The first-order valence-corrected chi connectivity index (χ1v) is 10.2. The summed E-state index contributed by atoms with van der Waals surface area (Å²) < 4.78 is 0. The van der Waals surface area contributed by atoms with E-state index in [0.717, 1.165) is 43.3 Å². The van der Waals surface area contributed by atoms with Gasteiger partial charge in [0, 0.05) is 15.6 Å². The second-order valence-electron chi connectivity index (χ2n) is 7.32. The molecule has 0 radical (unpaired) electrons. The highest BCUT2D eigenvalue weighted by atomic mass is 35.5. The highest BCUT2D eigenvalue weighted by molar-refractivity contribution is 6.30. The van der Waals surface area contributed by atoms with Crippen LogP contribution in [0.5, 0.6) is 0 Å². The van der Waals surface area contributed by atoms with E-state index in [-0.39, 0.29) is 11.9 Å². The van der Waals surface area contributed by atoms with E-state index in [9.17, 15) is 4.79 Å². The summed E-state index contributed by atoms with van der Waals surface area (Å²) in [6, 6.07) is 15.7. The summed E-state index contributed by atoms with van der Waals surface area (Å²) in [5.74, 6) is 0.105. The van der Waals surface area contributed by atoms with Crippen LogP contribution in [-0.4, -0.2) is 38.6 Å². The highest BCUT2D eigenvalue weighted by Gasteiger charge is 2.25. The van der Waals surface area contributed by atoms with Gasteiger partial charge in [-0.15, -0.1) is 0 Å². The van der Waals surface area contributed by atoms with E-state index in [2.05, 4.69) is 17.4 Å². The Bertz CT molecular complexity index is 741. The van der Waals surface area contributed by atoms with E-state index >= 15 is 0 Å². The van der Waals surface area contributed by atoms with Crippen LogP contribution in [0.25, 0.3) is 0 Å². The lowest BCUT2D eigenvalue weighted by atomic mass is 10.1. The summed E-state index contributed by atoms with van der Waals surface area (Å²) in [7, 11) is 0. The van der Waals surface area contributed by atoms with Crippen molar-refractivity contribution in [2.24, 2.45) is 0 Å².